The van der Waals surface area contributed by atoms with Crippen LogP contribution in [-0.4, -0.2) is 32.5 Å². The number of carbonyl (C=O) groups excluding carboxylic acids is 1. The Kier molecular flexibility index (Phi) is 7.70. The highest BCUT2D eigenvalue weighted by Gasteiger charge is 2.22. The second-order valence-electron chi connectivity index (χ2n) is 5.68. The summed E-state index contributed by atoms with van der Waals surface area (Å²) in [6.45, 7) is -0.466. The first kappa shape index (κ1) is 21.9. The normalized spacial score (nSPS) is 10.9. The Morgan fingerprint density at radius 2 is 2.14 bits per heavy atom. The molecule has 1 heterocycles. The first-order chi connectivity index (χ1) is 13.8. The summed E-state index contributed by atoms with van der Waals surface area (Å²) in [6, 6.07) is 8.57. The van der Waals surface area contributed by atoms with Gasteiger partial charge in [-0.15, -0.1) is 0 Å². The number of nitrogens with one attached hydrogen (secondary N) is 2. The van der Waals surface area contributed by atoms with Crippen LogP contribution in [0.25, 0.3) is 0 Å². The number of hydrogen-bond acceptors (Lipinski definition) is 9. The van der Waals surface area contributed by atoms with Crippen molar-refractivity contribution >= 4 is 27.4 Å². The van der Waals surface area contributed by atoms with Gasteiger partial charge < -0.3 is 14.5 Å². The van der Waals surface area contributed by atoms with E-state index in [4.69, 9.17) is 14.4 Å². The maximum Gasteiger partial charge on any atom is 0.321 e. The largest absolute Gasteiger partial charge is 0.467 e. The number of anilines is 1. The number of benzene rings is 1. The predicted molar refractivity (Wildman–Crippen MR) is 100 cm³/mol. The molecule has 0 saturated heterocycles. The zero-order valence-electron chi connectivity index (χ0n) is 15.2. The summed E-state index contributed by atoms with van der Waals surface area (Å²) in [4.78, 5) is 21.8. The molecule has 0 aliphatic heterocycles. The van der Waals surface area contributed by atoms with Crippen LogP contribution in [0.5, 0.6) is 0 Å². The number of ether oxygens (including phenoxy) is 1. The maximum absolute atomic E-state index is 12.3. The minimum Gasteiger partial charge on any atom is -0.467 e. The van der Waals surface area contributed by atoms with Crippen molar-refractivity contribution in [2.24, 2.45) is 0 Å². The van der Waals surface area contributed by atoms with Crippen LogP contribution in [0.2, 0.25) is 0 Å². The lowest BCUT2D eigenvalue weighted by Gasteiger charge is -2.09. The number of hydrogen-bond donors (Lipinski definition) is 2. The standard InChI is InChI=1S/C17H18N4O7S/c18-7-1-2-8-28-17(22)12-20-29(25,26)14-5-6-15(16(10-14)21(23)24)19-11-13-4-3-9-27-13/h3-6,9-10,19-20H,1-2,8,11-12H2. The van der Waals surface area contributed by atoms with E-state index >= 15 is 0 Å². The molecular weight excluding hydrogens is 404 g/mol. The fourth-order valence-corrected chi connectivity index (χ4v) is 3.19. The molecule has 154 valence electrons. The van der Waals surface area contributed by atoms with E-state index in [1.54, 1.807) is 12.1 Å². The van der Waals surface area contributed by atoms with E-state index in [0.29, 0.717) is 12.2 Å². The van der Waals surface area contributed by atoms with Gasteiger partial charge in [-0.1, -0.05) is 0 Å². The molecule has 0 radical (unpaired) electrons. The van der Waals surface area contributed by atoms with Gasteiger partial charge >= 0.3 is 5.97 Å². The minimum atomic E-state index is -4.18. The number of rotatable bonds is 11. The second-order valence-corrected chi connectivity index (χ2v) is 7.44. The minimum absolute atomic E-state index is 0.00434. The first-order valence-electron chi connectivity index (χ1n) is 8.40. The van der Waals surface area contributed by atoms with E-state index in [1.807, 2.05) is 10.8 Å². The fraction of sp³-hybridized carbons (Fsp3) is 0.294. The molecule has 0 spiro atoms. The summed E-state index contributed by atoms with van der Waals surface area (Å²) in [5, 5.41) is 22.5. The Balaban J connectivity index is 2.04. The molecule has 1 aromatic carbocycles. The number of esters is 1. The van der Waals surface area contributed by atoms with Crippen molar-refractivity contribution in [2.45, 2.75) is 24.3 Å². The number of sulfonamides is 1. The number of furan rings is 1. The molecule has 0 fully saturated rings. The molecule has 12 heteroatoms. The van der Waals surface area contributed by atoms with E-state index < -0.39 is 33.1 Å². The zero-order valence-corrected chi connectivity index (χ0v) is 16.0. The lowest BCUT2D eigenvalue weighted by Crippen LogP contribution is -2.31. The van der Waals surface area contributed by atoms with Gasteiger partial charge in [0.2, 0.25) is 10.0 Å². The summed E-state index contributed by atoms with van der Waals surface area (Å²) in [6.07, 6.45) is 2.01. The smallest absolute Gasteiger partial charge is 0.321 e. The Labute approximate surface area is 166 Å². The zero-order chi connectivity index (χ0) is 21.3. The number of unbranched alkanes of at least 4 members (excludes halogenated alkanes) is 1. The molecule has 2 aromatic rings. The molecule has 0 amide bonds. The number of nitrogens with zero attached hydrogens (tertiary/aromatic N) is 2. The molecule has 29 heavy (non-hydrogen) atoms. The fourth-order valence-electron chi connectivity index (χ4n) is 2.20. The van der Waals surface area contributed by atoms with Crippen molar-refractivity contribution in [1.82, 2.24) is 4.72 Å². The molecule has 0 aliphatic carbocycles. The van der Waals surface area contributed by atoms with Gasteiger partial charge in [0.25, 0.3) is 5.69 Å². The number of nitro groups is 1. The van der Waals surface area contributed by atoms with Gasteiger partial charge in [-0.05, 0) is 30.7 Å². The number of nitriles is 1. The topological polar surface area (TPSA) is 165 Å². The van der Waals surface area contributed by atoms with E-state index in [-0.39, 0.29) is 30.2 Å². The van der Waals surface area contributed by atoms with E-state index in [1.165, 1.54) is 18.4 Å². The van der Waals surface area contributed by atoms with Gasteiger partial charge in [-0.25, -0.2) is 8.42 Å². The van der Waals surface area contributed by atoms with Crippen LogP contribution in [0.3, 0.4) is 0 Å². The van der Waals surface area contributed by atoms with Crippen LogP contribution in [0.4, 0.5) is 11.4 Å². The van der Waals surface area contributed by atoms with E-state index in [2.05, 4.69) is 5.32 Å². The van der Waals surface area contributed by atoms with Gasteiger partial charge in [0, 0.05) is 12.5 Å². The molecule has 0 unspecified atom stereocenters. The third-order valence-electron chi connectivity index (χ3n) is 3.61. The Morgan fingerprint density at radius 1 is 1.34 bits per heavy atom. The van der Waals surface area contributed by atoms with Crippen molar-refractivity contribution in [3.8, 4) is 6.07 Å². The third kappa shape index (κ3) is 6.59. The van der Waals surface area contributed by atoms with Gasteiger partial charge in [0.05, 0.1) is 35.3 Å². The van der Waals surface area contributed by atoms with E-state index in [0.717, 1.165) is 6.07 Å². The summed E-state index contributed by atoms with van der Waals surface area (Å²) in [5.74, 6) is -0.274. The van der Waals surface area contributed by atoms with Crippen LogP contribution < -0.4 is 10.0 Å². The average molecular weight is 422 g/mol. The molecule has 0 bridgehead atoms. The highest BCUT2D eigenvalue weighted by Crippen LogP contribution is 2.28. The Bertz CT molecular complexity index is 997. The van der Waals surface area contributed by atoms with Crippen LogP contribution in [-0.2, 0) is 26.1 Å². The van der Waals surface area contributed by atoms with Crippen molar-refractivity contribution < 1.29 is 27.3 Å². The molecule has 0 atom stereocenters. The van der Waals surface area contributed by atoms with Gasteiger partial charge in [0.15, 0.2) is 0 Å². The van der Waals surface area contributed by atoms with Crippen LogP contribution in [0, 0.1) is 21.4 Å². The average Bonchev–Trinajstić information content (AvgIpc) is 3.21. The Hall–Kier alpha value is -3.43. The predicted octanol–water partition coefficient (Wildman–Crippen LogP) is 1.93. The molecule has 11 nitrogen and oxygen atoms in total. The van der Waals surface area contributed by atoms with Crippen molar-refractivity contribution in [1.29, 1.82) is 5.26 Å². The Morgan fingerprint density at radius 3 is 2.79 bits per heavy atom. The molecular formula is C17H18N4O7S. The second kappa shape index (κ2) is 10.2. The van der Waals surface area contributed by atoms with Crippen LogP contribution in [0.1, 0.15) is 18.6 Å². The highest BCUT2D eigenvalue weighted by atomic mass is 32.2. The molecule has 2 rings (SSSR count). The molecule has 0 saturated carbocycles. The van der Waals surface area contributed by atoms with Gasteiger partial charge in [0.1, 0.15) is 18.0 Å². The van der Waals surface area contributed by atoms with Crippen molar-refractivity contribution in [2.75, 3.05) is 18.5 Å². The lowest BCUT2D eigenvalue weighted by molar-refractivity contribution is -0.384. The highest BCUT2D eigenvalue weighted by molar-refractivity contribution is 7.89. The van der Waals surface area contributed by atoms with Gasteiger partial charge in [-0.2, -0.15) is 9.98 Å². The summed E-state index contributed by atoms with van der Waals surface area (Å²) >= 11 is 0. The van der Waals surface area contributed by atoms with E-state index in [9.17, 15) is 23.3 Å². The summed E-state index contributed by atoms with van der Waals surface area (Å²) in [5.41, 5.74) is -0.333. The quantitative estimate of drug-likeness (QED) is 0.238. The monoisotopic (exact) mass is 422 g/mol. The molecule has 1 aromatic heterocycles. The van der Waals surface area contributed by atoms with Crippen LogP contribution in [0.15, 0.2) is 45.9 Å². The number of nitro benzene ring substituents is 1. The van der Waals surface area contributed by atoms with Crippen molar-refractivity contribution in [3.05, 3.63) is 52.5 Å². The maximum atomic E-state index is 12.3. The summed E-state index contributed by atoms with van der Waals surface area (Å²) < 4.78 is 36.6. The van der Waals surface area contributed by atoms with Crippen molar-refractivity contribution in [3.63, 3.8) is 0 Å². The first-order valence-corrected chi connectivity index (χ1v) is 9.88. The van der Waals surface area contributed by atoms with Crippen LogP contribution >= 0.6 is 0 Å². The third-order valence-corrected chi connectivity index (χ3v) is 5.01. The molecule has 0 aliphatic rings. The summed E-state index contributed by atoms with van der Waals surface area (Å²) in [7, 11) is -4.18. The molecule has 2 N–H and O–H groups in total. The SMILES string of the molecule is N#CCCCOC(=O)CNS(=O)(=O)c1ccc(NCc2ccco2)c([N+](=O)[O-])c1. The lowest BCUT2D eigenvalue weighted by atomic mass is 10.2. The van der Waals surface area contributed by atoms with Gasteiger partial charge in [-0.3, -0.25) is 14.9 Å². The number of carbonyl (C=O) groups is 1.